The molecule has 0 aliphatic carbocycles. The van der Waals surface area contributed by atoms with Crippen molar-refractivity contribution in [2.45, 2.75) is 13.0 Å². The Morgan fingerprint density at radius 2 is 1.96 bits per heavy atom. The molecule has 0 radical (unpaired) electrons. The smallest absolute Gasteiger partial charge is 0.335 e. The number of aromatic carboxylic acids is 1. The number of carbonyl (C=O) groups is 2. The van der Waals surface area contributed by atoms with Gasteiger partial charge in [-0.05, 0) is 41.5 Å². The fourth-order valence-electron chi connectivity index (χ4n) is 2.08. The van der Waals surface area contributed by atoms with Gasteiger partial charge in [0.2, 0.25) is 0 Å². The molecule has 2 N–H and O–H groups in total. The maximum atomic E-state index is 11.2. The number of methoxy groups -OCH3 is 1. The lowest BCUT2D eigenvalue weighted by molar-refractivity contribution is -0.120. The number of carbonyl (C=O) groups excluding carboxylic acids is 1. The highest BCUT2D eigenvalue weighted by Crippen LogP contribution is 2.28. The summed E-state index contributed by atoms with van der Waals surface area (Å²) in [4.78, 5) is 22.0. The molecule has 138 valence electrons. The van der Waals surface area contributed by atoms with Crippen molar-refractivity contribution in [3.63, 3.8) is 0 Å². The number of nitriles is 1. The van der Waals surface area contributed by atoms with E-state index in [-0.39, 0.29) is 18.6 Å². The zero-order chi connectivity index (χ0) is 19.6. The first-order valence-electron chi connectivity index (χ1n) is 7.85. The molecule has 8 heteroatoms. The minimum atomic E-state index is -0.981. The van der Waals surface area contributed by atoms with Crippen molar-refractivity contribution < 1.29 is 24.2 Å². The Kier molecular flexibility index (Phi) is 6.91. The molecular weight excluding hydrogens is 350 g/mol. The minimum absolute atomic E-state index is 0.210. The molecule has 27 heavy (non-hydrogen) atoms. The normalized spacial score (nSPS) is 10.2. The Morgan fingerprint density at radius 3 is 2.59 bits per heavy atom. The van der Waals surface area contributed by atoms with E-state index < -0.39 is 11.9 Å². The molecule has 0 spiro atoms. The highest BCUT2D eigenvalue weighted by atomic mass is 16.5. The van der Waals surface area contributed by atoms with Gasteiger partial charge in [-0.15, -0.1) is 0 Å². The van der Waals surface area contributed by atoms with Gasteiger partial charge in [-0.25, -0.2) is 10.2 Å². The Bertz CT molecular complexity index is 885. The molecule has 0 fully saturated rings. The van der Waals surface area contributed by atoms with Gasteiger partial charge in [-0.3, -0.25) is 4.79 Å². The van der Waals surface area contributed by atoms with E-state index in [0.29, 0.717) is 17.1 Å². The number of benzene rings is 2. The lowest BCUT2D eigenvalue weighted by Crippen LogP contribution is -2.16. The van der Waals surface area contributed by atoms with Gasteiger partial charge >= 0.3 is 5.97 Å². The summed E-state index contributed by atoms with van der Waals surface area (Å²) in [5, 5.41) is 21.1. The predicted octanol–water partition coefficient (Wildman–Crippen LogP) is 2.34. The van der Waals surface area contributed by atoms with E-state index in [1.807, 2.05) is 0 Å². The standard InChI is InChI=1S/C19H17N3O5/c1-26-17-10-14(11-21-22-18(23)8-9-20)4-7-16(17)27-12-13-2-5-15(6-3-13)19(24)25/h2-7,10-11H,8,12H2,1H3,(H,22,23)(H,24,25)/b21-11+. The number of rotatable bonds is 8. The number of amides is 1. The Morgan fingerprint density at radius 1 is 1.22 bits per heavy atom. The van der Waals surface area contributed by atoms with Crippen LogP contribution < -0.4 is 14.9 Å². The summed E-state index contributed by atoms with van der Waals surface area (Å²) in [5.41, 5.74) is 3.93. The molecule has 1 amide bonds. The highest BCUT2D eigenvalue weighted by Gasteiger charge is 2.07. The topological polar surface area (TPSA) is 121 Å². The van der Waals surface area contributed by atoms with Crippen molar-refractivity contribution in [3.05, 3.63) is 59.2 Å². The van der Waals surface area contributed by atoms with Crippen molar-refractivity contribution >= 4 is 18.1 Å². The van der Waals surface area contributed by atoms with Gasteiger partial charge in [0.05, 0.1) is 25.0 Å². The largest absolute Gasteiger partial charge is 0.493 e. The van der Waals surface area contributed by atoms with Crippen LogP contribution in [-0.2, 0) is 11.4 Å². The number of hydrazone groups is 1. The van der Waals surface area contributed by atoms with Gasteiger partial charge in [0, 0.05) is 0 Å². The molecule has 2 aromatic carbocycles. The molecule has 0 unspecified atom stereocenters. The Balaban J connectivity index is 2.01. The van der Waals surface area contributed by atoms with Gasteiger partial charge < -0.3 is 14.6 Å². The average molecular weight is 367 g/mol. The number of hydrogen-bond acceptors (Lipinski definition) is 6. The third-order valence-electron chi connectivity index (χ3n) is 3.43. The molecule has 8 nitrogen and oxygen atoms in total. The Labute approximate surface area is 155 Å². The summed E-state index contributed by atoms with van der Waals surface area (Å²) >= 11 is 0. The lowest BCUT2D eigenvalue weighted by Gasteiger charge is -2.11. The van der Waals surface area contributed by atoms with Crippen LogP contribution in [0.3, 0.4) is 0 Å². The van der Waals surface area contributed by atoms with E-state index in [9.17, 15) is 9.59 Å². The van der Waals surface area contributed by atoms with Crippen molar-refractivity contribution in [2.75, 3.05) is 7.11 Å². The molecule has 2 aromatic rings. The lowest BCUT2D eigenvalue weighted by atomic mass is 10.1. The van der Waals surface area contributed by atoms with E-state index in [2.05, 4.69) is 10.5 Å². The van der Waals surface area contributed by atoms with Crippen molar-refractivity contribution in [1.29, 1.82) is 5.26 Å². The molecular formula is C19H17N3O5. The van der Waals surface area contributed by atoms with Gasteiger partial charge in [0.25, 0.3) is 5.91 Å². The molecule has 0 saturated heterocycles. The second kappa shape index (κ2) is 9.58. The molecule has 0 bridgehead atoms. The van der Waals surface area contributed by atoms with Crippen LogP contribution in [0.2, 0.25) is 0 Å². The summed E-state index contributed by atoms with van der Waals surface area (Å²) in [7, 11) is 1.50. The van der Waals surface area contributed by atoms with Crippen molar-refractivity contribution in [1.82, 2.24) is 5.43 Å². The second-order valence-electron chi connectivity index (χ2n) is 5.33. The molecule has 0 aromatic heterocycles. The molecule has 0 saturated carbocycles. The molecule has 0 aliphatic heterocycles. The monoisotopic (exact) mass is 367 g/mol. The van der Waals surface area contributed by atoms with Gasteiger partial charge in [-0.1, -0.05) is 12.1 Å². The average Bonchev–Trinajstić information content (AvgIpc) is 2.67. The maximum absolute atomic E-state index is 11.2. The van der Waals surface area contributed by atoms with E-state index in [4.69, 9.17) is 19.8 Å². The highest BCUT2D eigenvalue weighted by molar-refractivity contribution is 5.87. The third-order valence-corrected chi connectivity index (χ3v) is 3.43. The summed E-state index contributed by atoms with van der Waals surface area (Å²) < 4.78 is 11.0. The molecule has 0 heterocycles. The van der Waals surface area contributed by atoms with Crippen molar-refractivity contribution in [2.24, 2.45) is 5.10 Å². The zero-order valence-electron chi connectivity index (χ0n) is 14.5. The summed E-state index contributed by atoms with van der Waals surface area (Å²) in [6, 6.07) is 13.2. The van der Waals surface area contributed by atoms with Crippen LogP contribution in [0.5, 0.6) is 11.5 Å². The fourth-order valence-corrected chi connectivity index (χ4v) is 2.08. The number of carboxylic acids is 1. The molecule has 0 atom stereocenters. The number of ether oxygens (including phenoxy) is 2. The van der Waals surface area contributed by atoms with Crippen LogP contribution in [0, 0.1) is 11.3 Å². The minimum Gasteiger partial charge on any atom is -0.493 e. The summed E-state index contributed by atoms with van der Waals surface area (Å²) in [5.74, 6) is -0.491. The molecule has 0 aliphatic rings. The van der Waals surface area contributed by atoms with Crippen LogP contribution in [0.4, 0.5) is 0 Å². The van der Waals surface area contributed by atoms with E-state index in [1.165, 1.54) is 25.5 Å². The van der Waals surface area contributed by atoms with Crippen LogP contribution in [0.1, 0.15) is 27.9 Å². The Hall–Kier alpha value is -3.86. The van der Waals surface area contributed by atoms with Gasteiger partial charge in [0.15, 0.2) is 11.5 Å². The third kappa shape index (κ3) is 5.86. The summed E-state index contributed by atoms with van der Waals surface area (Å²) in [6.45, 7) is 0.244. The van der Waals surface area contributed by atoms with Crippen LogP contribution >= 0.6 is 0 Å². The SMILES string of the molecule is COc1cc(/C=N/NC(=O)CC#N)ccc1OCc1ccc(C(=O)O)cc1. The van der Waals surface area contributed by atoms with E-state index in [1.54, 1.807) is 36.4 Å². The number of nitrogens with one attached hydrogen (secondary N) is 1. The second-order valence-corrected chi connectivity index (χ2v) is 5.33. The maximum Gasteiger partial charge on any atom is 0.335 e. The number of nitrogens with zero attached hydrogens (tertiary/aromatic N) is 2. The summed E-state index contributed by atoms with van der Waals surface area (Å²) in [6.07, 6.45) is 1.16. The molecule has 2 rings (SSSR count). The number of hydrogen-bond donors (Lipinski definition) is 2. The van der Waals surface area contributed by atoms with E-state index >= 15 is 0 Å². The predicted molar refractivity (Wildman–Crippen MR) is 96.7 cm³/mol. The van der Waals surface area contributed by atoms with Gasteiger partial charge in [-0.2, -0.15) is 10.4 Å². The first-order chi connectivity index (χ1) is 13.0. The van der Waals surface area contributed by atoms with Crippen LogP contribution in [-0.4, -0.2) is 30.3 Å². The van der Waals surface area contributed by atoms with Crippen LogP contribution in [0.25, 0.3) is 0 Å². The first-order valence-corrected chi connectivity index (χ1v) is 7.85. The van der Waals surface area contributed by atoms with E-state index in [0.717, 1.165) is 5.56 Å². The fraction of sp³-hybridized carbons (Fsp3) is 0.158. The zero-order valence-corrected chi connectivity index (χ0v) is 14.5. The first kappa shape index (κ1) is 19.5. The van der Waals surface area contributed by atoms with Gasteiger partial charge in [0.1, 0.15) is 13.0 Å². The van der Waals surface area contributed by atoms with Crippen molar-refractivity contribution in [3.8, 4) is 17.6 Å². The number of carboxylic acid groups (broad SMARTS) is 1. The van der Waals surface area contributed by atoms with Crippen LogP contribution in [0.15, 0.2) is 47.6 Å². The quantitative estimate of drug-likeness (QED) is 0.546.